The van der Waals surface area contributed by atoms with Crippen LogP contribution in [0.4, 0.5) is 5.69 Å². The average molecular weight is 528 g/mol. The molecule has 1 heterocycles. The molecule has 1 N–H and O–H groups in total. The van der Waals surface area contributed by atoms with E-state index in [1.165, 1.54) is 11.8 Å². The second-order valence-electron chi connectivity index (χ2n) is 7.25. The molecular weight excluding hydrogens is 508 g/mol. The molecule has 0 aliphatic carbocycles. The fourth-order valence-electron chi connectivity index (χ4n) is 3.19. The van der Waals surface area contributed by atoms with Crippen LogP contribution in [0, 0.1) is 13.8 Å². The highest BCUT2D eigenvalue weighted by Gasteiger charge is 2.19. The Kier molecular flexibility index (Phi) is 6.98. The molecule has 0 atom stereocenters. The van der Waals surface area contributed by atoms with Crippen molar-refractivity contribution in [2.24, 2.45) is 0 Å². The molecule has 32 heavy (non-hydrogen) atoms. The first kappa shape index (κ1) is 22.6. The van der Waals surface area contributed by atoms with Gasteiger partial charge in [0.1, 0.15) is 0 Å². The number of halogens is 2. The molecule has 1 amide bonds. The number of rotatable bonds is 6. The Hall–Kier alpha value is -2.61. The van der Waals surface area contributed by atoms with Crippen LogP contribution in [-0.4, -0.2) is 26.4 Å². The van der Waals surface area contributed by atoms with Crippen LogP contribution in [0.15, 0.2) is 76.4 Å². The van der Waals surface area contributed by atoms with Gasteiger partial charge in [-0.15, -0.1) is 10.2 Å². The molecule has 0 saturated carbocycles. The zero-order valence-corrected chi connectivity index (χ0v) is 20.6. The summed E-state index contributed by atoms with van der Waals surface area (Å²) in [7, 11) is 0. The fraction of sp³-hybridized carbons (Fsp3) is 0.125. The molecule has 0 fully saturated rings. The van der Waals surface area contributed by atoms with Crippen molar-refractivity contribution in [3.63, 3.8) is 0 Å². The fourth-order valence-corrected chi connectivity index (χ4v) is 4.64. The number of hydrogen-bond acceptors (Lipinski definition) is 4. The molecule has 4 rings (SSSR count). The number of anilines is 1. The highest BCUT2D eigenvalue weighted by atomic mass is 79.9. The monoisotopic (exact) mass is 526 g/mol. The summed E-state index contributed by atoms with van der Waals surface area (Å²) < 4.78 is 2.91. The molecule has 0 spiro atoms. The molecule has 0 bridgehead atoms. The van der Waals surface area contributed by atoms with Gasteiger partial charge >= 0.3 is 0 Å². The predicted molar refractivity (Wildman–Crippen MR) is 135 cm³/mol. The number of carbonyl (C=O) groups is 1. The van der Waals surface area contributed by atoms with Crippen LogP contribution in [-0.2, 0) is 4.79 Å². The van der Waals surface area contributed by atoms with Crippen LogP contribution < -0.4 is 5.32 Å². The van der Waals surface area contributed by atoms with Gasteiger partial charge in [-0.05, 0) is 61.9 Å². The van der Waals surface area contributed by atoms with Crippen molar-refractivity contribution in [2.45, 2.75) is 19.0 Å². The predicted octanol–water partition coefficient (Wildman–Crippen LogP) is 6.70. The van der Waals surface area contributed by atoms with Gasteiger partial charge < -0.3 is 5.32 Å². The Labute approximate surface area is 204 Å². The van der Waals surface area contributed by atoms with E-state index >= 15 is 0 Å². The van der Waals surface area contributed by atoms with E-state index in [9.17, 15) is 4.79 Å². The molecule has 5 nitrogen and oxygen atoms in total. The lowest BCUT2D eigenvalue weighted by molar-refractivity contribution is -0.113. The minimum Gasteiger partial charge on any atom is -0.325 e. The molecule has 0 saturated heterocycles. The first-order chi connectivity index (χ1) is 15.4. The number of thioether (sulfide) groups is 1. The number of benzene rings is 3. The van der Waals surface area contributed by atoms with Gasteiger partial charge in [0.05, 0.1) is 10.8 Å². The molecule has 0 aliphatic heterocycles. The standard InChI is InChI=1S/C24H20BrClN4OS/c1-15-7-10-18(11-8-15)30-23(19-5-3-4-6-20(19)26)28-29-24(30)32-14-22(31)27-21-12-9-17(25)13-16(21)2/h3-13H,14H2,1-2H3,(H,27,31). The summed E-state index contributed by atoms with van der Waals surface area (Å²) in [5, 5.41) is 12.9. The van der Waals surface area contributed by atoms with Crippen molar-refractivity contribution in [3.05, 3.63) is 87.4 Å². The van der Waals surface area contributed by atoms with Crippen LogP contribution in [0.5, 0.6) is 0 Å². The van der Waals surface area contributed by atoms with Crippen molar-refractivity contribution in [3.8, 4) is 17.1 Å². The lowest BCUT2D eigenvalue weighted by atomic mass is 10.2. The van der Waals surface area contributed by atoms with Gasteiger partial charge in [0.25, 0.3) is 0 Å². The van der Waals surface area contributed by atoms with Crippen LogP contribution in [0.25, 0.3) is 17.1 Å². The normalized spacial score (nSPS) is 10.9. The third kappa shape index (κ3) is 5.06. The lowest BCUT2D eigenvalue weighted by Gasteiger charge is -2.12. The Morgan fingerprint density at radius 2 is 1.81 bits per heavy atom. The smallest absolute Gasteiger partial charge is 0.234 e. The van der Waals surface area contributed by atoms with E-state index in [4.69, 9.17) is 11.6 Å². The quantitative estimate of drug-likeness (QED) is 0.284. The number of nitrogens with one attached hydrogen (secondary N) is 1. The maximum absolute atomic E-state index is 12.6. The molecule has 0 radical (unpaired) electrons. The summed E-state index contributed by atoms with van der Waals surface area (Å²) in [6.07, 6.45) is 0. The average Bonchev–Trinajstić information content (AvgIpc) is 3.19. The summed E-state index contributed by atoms with van der Waals surface area (Å²) in [4.78, 5) is 12.6. The van der Waals surface area contributed by atoms with Crippen LogP contribution in [0.1, 0.15) is 11.1 Å². The summed E-state index contributed by atoms with van der Waals surface area (Å²) in [6, 6.07) is 21.4. The van der Waals surface area contributed by atoms with E-state index in [0.717, 1.165) is 32.5 Å². The van der Waals surface area contributed by atoms with Crippen molar-refractivity contribution in [1.82, 2.24) is 14.8 Å². The first-order valence-corrected chi connectivity index (χ1v) is 12.0. The minimum atomic E-state index is -0.113. The molecular formula is C24H20BrClN4OS. The van der Waals surface area contributed by atoms with Gasteiger partial charge in [0.2, 0.25) is 5.91 Å². The number of aryl methyl sites for hydroxylation is 2. The third-order valence-corrected chi connectivity index (χ3v) is 6.59. The highest BCUT2D eigenvalue weighted by molar-refractivity contribution is 9.10. The Morgan fingerprint density at radius 3 is 2.53 bits per heavy atom. The molecule has 0 unspecified atom stereocenters. The summed E-state index contributed by atoms with van der Waals surface area (Å²) >= 11 is 11.2. The zero-order valence-electron chi connectivity index (χ0n) is 17.5. The number of aromatic nitrogens is 3. The van der Waals surface area contributed by atoms with E-state index in [1.807, 2.05) is 85.1 Å². The second-order valence-corrected chi connectivity index (χ2v) is 9.52. The van der Waals surface area contributed by atoms with E-state index in [-0.39, 0.29) is 11.7 Å². The molecule has 4 aromatic rings. The Bertz CT molecular complexity index is 1270. The van der Waals surface area contributed by atoms with E-state index in [1.54, 1.807) is 0 Å². The number of carbonyl (C=O) groups excluding carboxylic acids is 1. The van der Waals surface area contributed by atoms with Crippen molar-refractivity contribution >= 4 is 50.9 Å². The van der Waals surface area contributed by atoms with E-state index in [0.29, 0.717) is 16.0 Å². The molecule has 162 valence electrons. The second kappa shape index (κ2) is 9.90. The summed E-state index contributed by atoms with van der Waals surface area (Å²) in [6.45, 7) is 3.99. The van der Waals surface area contributed by atoms with E-state index < -0.39 is 0 Å². The SMILES string of the molecule is Cc1ccc(-n2c(SCC(=O)Nc3ccc(Br)cc3C)nnc2-c2ccccc2Cl)cc1. The van der Waals surface area contributed by atoms with Gasteiger partial charge in [-0.2, -0.15) is 0 Å². The first-order valence-electron chi connectivity index (χ1n) is 9.88. The number of hydrogen-bond donors (Lipinski definition) is 1. The van der Waals surface area contributed by atoms with Crippen LogP contribution in [0.2, 0.25) is 5.02 Å². The molecule has 1 aromatic heterocycles. The van der Waals surface area contributed by atoms with E-state index in [2.05, 4.69) is 31.4 Å². The van der Waals surface area contributed by atoms with Crippen LogP contribution in [0.3, 0.4) is 0 Å². The lowest BCUT2D eigenvalue weighted by Crippen LogP contribution is -2.15. The Morgan fingerprint density at radius 1 is 1.06 bits per heavy atom. The largest absolute Gasteiger partial charge is 0.325 e. The van der Waals surface area contributed by atoms with Crippen LogP contribution >= 0.6 is 39.3 Å². The molecule has 8 heteroatoms. The summed E-state index contributed by atoms with van der Waals surface area (Å²) in [5.41, 5.74) is 4.61. The van der Waals surface area contributed by atoms with Gasteiger partial charge in [-0.25, -0.2) is 0 Å². The van der Waals surface area contributed by atoms with Gasteiger partial charge in [-0.3, -0.25) is 9.36 Å². The highest BCUT2D eigenvalue weighted by Crippen LogP contribution is 2.32. The maximum atomic E-state index is 12.6. The minimum absolute atomic E-state index is 0.113. The topological polar surface area (TPSA) is 59.8 Å². The van der Waals surface area contributed by atoms with Gasteiger partial charge in [0, 0.05) is 21.4 Å². The molecule has 3 aromatic carbocycles. The van der Waals surface area contributed by atoms with Crippen molar-refractivity contribution < 1.29 is 4.79 Å². The zero-order chi connectivity index (χ0) is 22.7. The number of amides is 1. The third-order valence-electron chi connectivity index (χ3n) is 4.84. The molecule has 0 aliphatic rings. The Balaban J connectivity index is 1.61. The summed E-state index contributed by atoms with van der Waals surface area (Å²) in [5.74, 6) is 0.714. The van der Waals surface area contributed by atoms with Gasteiger partial charge in [-0.1, -0.05) is 69.1 Å². The van der Waals surface area contributed by atoms with Gasteiger partial charge in [0.15, 0.2) is 11.0 Å². The number of nitrogens with zero attached hydrogens (tertiary/aromatic N) is 3. The maximum Gasteiger partial charge on any atom is 0.234 e. The van der Waals surface area contributed by atoms with Crippen molar-refractivity contribution in [1.29, 1.82) is 0 Å². The van der Waals surface area contributed by atoms with Crippen molar-refractivity contribution in [2.75, 3.05) is 11.1 Å².